The van der Waals surface area contributed by atoms with E-state index in [1.165, 1.54) is 0 Å². The van der Waals surface area contributed by atoms with E-state index in [9.17, 15) is 5.11 Å². The number of hydrogen-bond donors (Lipinski definition) is 3. The molecular weight excluding hydrogens is 406 g/mol. The van der Waals surface area contributed by atoms with Gasteiger partial charge >= 0.3 is 0 Å². The Morgan fingerprint density at radius 1 is 1.04 bits per heavy atom. The molecule has 2 heterocycles. The predicted octanol–water partition coefficient (Wildman–Crippen LogP) is 4.47. The van der Waals surface area contributed by atoms with Crippen molar-refractivity contribution in [1.82, 2.24) is 15.0 Å². The van der Waals surface area contributed by atoms with Gasteiger partial charge in [-0.1, -0.05) is 41.9 Å². The topological polar surface area (TPSA) is 83.0 Å². The van der Waals surface area contributed by atoms with E-state index in [1.54, 1.807) is 6.20 Å². The number of halogens is 1. The SMILES string of the molecule is CC(C)[C@@H](CO)Nc1nc(Nc2cccc(Br)c2)cc(-c2ccccn2)n1. The van der Waals surface area contributed by atoms with E-state index in [4.69, 9.17) is 0 Å². The molecule has 27 heavy (non-hydrogen) atoms. The van der Waals surface area contributed by atoms with Gasteiger partial charge in [0.05, 0.1) is 24.0 Å². The van der Waals surface area contributed by atoms with Crippen LogP contribution in [-0.4, -0.2) is 32.7 Å². The molecule has 3 N–H and O–H groups in total. The Labute approximate surface area is 167 Å². The maximum Gasteiger partial charge on any atom is 0.225 e. The molecule has 0 aliphatic heterocycles. The maximum atomic E-state index is 9.63. The highest BCUT2D eigenvalue weighted by molar-refractivity contribution is 9.10. The summed E-state index contributed by atoms with van der Waals surface area (Å²) in [4.78, 5) is 13.5. The molecule has 1 aromatic carbocycles. The van der Waals surface area contributed by atoms with Crippen LogP contribution in [0, 0.1) is 5.92 Å². The number of aromatic nitrogens is 3. The highest BCUT2D eigenvalue weighted by atomic mass is 79.9. The summed E-state index contributed by atoms with van der Waals surface area (Å²) in [6.07, 6.45) is 1.73. The largest absolute Gasteiger partial charge is 0.394 e. The van der Waals surface area contributed by atoms with Gasteiger partial charge in [0.25, 0.3) is 0 Å². The number of hydrogen-bond acceptors (Lipinski definition) is 6. The molecular formula is C20H22BrN5O. The summed E-state index contributed by atoms with van der Waals surface area (Å²) in [5.74, 6) is 1.33. The minimum absolute atomic E-state index is 0.00321. The van der Waals surface area contributed by atoms with E-state index in [0.717, 1.165) is 15.9 Å². The fourth-order valence-corrected chi connectivity index (χ4v) is 2.92. The van der Waals surface area contributed by atoms with E-state index >= 15 is 0 Å². The average Bonchev–Trinajstić information content (AvgIpc) is 2.66. The van der Waals surface area contributed by atoms with Gasteiger partial charge in [0, 0.05) is 22.4 Å². The first-order valence-electron chi connectivity index (χ1n) is 8.75. The number of anilines is 3. The molecule has 140 valence electrons. The third kappa shape index (κ3) is 5.24. The van der Waals surface area contributed by atoms with Crippen LogP contribution in [0.4, 0.5) is 17.5 Å². The maximum absolute atomic E-state index is 9.63. The second kappa shape index (κ2) is 8.92. The summed E-state index contributed by atoms with van der Waals surface area (Å²) in [6.45, 7) is 4.08. The van der Waals surface area contributed by atoms with Crippen molar-refractivity contribution in [1.29, 1.82) is 0 Å². The van der Waals surface area contributed by atoms with Crippen molar-refractivity contribution in [3.05, 3.63) is 59.2 Å². The van der Waals surface area contributed by atoms with Crippen LogP contribution in [0.15, 0.2) is 59.2 Å². The lowest BCUT2D eigenvalue weighted by Crippen LogP contribution is -2.30. The zero-order chi connectivity index (χ0) is 19.2. The molecule has 6 nitrogen and oxygen atoms in total. The number of nitrogens with zero attached hydrogens (tertiary/aromatic N) is 3. The molecule has 0 fully saturated rings. The molecule has 3 rings (SSSR count). The van der Waals surface area contributed by atoms with E-state index in [2.05, 4.69) is 41.5 Å². The van der Waals surface area contributed by atoms with Crippen LogP contribution in [-0.2, 0) is 0 Å². The summed E-state index contributed by atoms with van der Waals surface area (Å²) in [6, 6.07) is 15.3. The van der Waals surface area contributed by atoms with Gasteiger partial charge in [-0.3, -0.25) is 4.98 Å². The highest BCUT2D eigenvalue weighted by Gasteiger charge is 2.15. The molecule has 1 atom stereocenters. The van der Waals surface area contributed by atoms with Crippen LogP contribution < -0.4 is 10.6 Å². The molecule has 0 amide bonds. The first-order valence-corrected chi connectivity index (χ1v) is 9.55. The first kappa shape index (κ1) is 19.3. The Hall–Kier alpha value is -2.51. The summed E-state index contributed by atoms with van der Waals surface area (Å²) >= 11 is 3.48. The first-order chi connectivity index (χ1) is 13.0. The molecule has 0 spiro atoms. The van der Waals surface area contributed by atoms with Gasteiger partial charge in [-0.25, -0.2) is 4.98 Å². The van der Waals surface area contributed by atoms with Crippen molar-refractivity contribution in [3.63, 3.8) is 0 Å². The highest BCUT2D eigenvalue weighted by Crippen LogP contribution is 2.24. The zero-order valence-electron chi connectivity index (χ0n) is 15.2. The Bertz CT molecular complexity index is 889. The monoisotopic (exact) mass is 427 g/mol. The molecule has 0 saturated heterocycles. The van der Waals surface area contributed by atoms with Crippen molar-refractivity contribution in [3.8, 4) is 11.4 Å². The molecule has 0 aliphatic rings. The van der Waals surface area contributed by atoms with Gasteiger partial charge in [-0.15, -0.1) is 0 Å². The van der Waals surface area contributed by atoms with Crippen LogP contribution >= 0.6 is 15.9 Å². The predicted molar refractivity (Wildman–Crippen MR) is 112 cm³/mol. The van der Waals surface area contributed by atoms with Gasteiger partial charge in [0.15, 0.2) is 0 Å². The second-order valence-corrected chi connectivity index (χ2v) is 7.41. The van der Waals surface area contributed by atoms with Crippen molar-refractivity contribution < 1.29 is 5.11 Å². The average molecular weight is 428 g/mol. The van der Waals surface area contributed by atoms with Gasteiger partial charge in [0.2, 0.25) is 5.95 Å². The summed E-state index contributed by atoms with van der Waals surface area (Å²) < 4.78 is 0.977. The van der Waals surface area contributed by atoms with Gasteiger partial charge < -0.3 is 15.7 Å². The Morgan fingerprint density at radius 2 is 1.89 bits per heavy atom. The number of benzene rings is 1. The summed E-state index contributed by atoms with van der Waals surface area (Å²) in [5, 5.41) is 16.2. The van der Waals surface area contributed by atoms with E-state index in [0.29, 0.717) is 17.5 Å². The smallest absolute Gasteiger partial charge is 0.225 e. The molecule has 0 unspecified atom stereocenters. The molecule has 0 aliphatic carbocycles. The van der Waals surface area contributed by atoms with E-state index < -0.39 is 0 Å². The van der Waals surface area contributed by atoms with Crippen LogP contribution in [0.25, 0.3) is 11.4 Å². The number of pyridine rings is 1. The zero-order valence-corrected chi connectivity index (χ0v) is 16.8. The molecule has 0 radical (unpaired) electrons. The Morgan fingerprint density at radius 3 is 2.56 bits per heavy atom. The number of aliphatic hydroxyl groups excluding tert-OH is 1. The van der Waals surface area contributed by atoms with Crippen LogP contribution in [0.2, 0.25) is 0 Å². The Balaban J connectivity index is 1.97. The lowest BCUT2D eigenvalue weighted by atomic mass is 10.1. The Kier molecular flexibility index (Phi) is 6.36. The summed E-state index contributed by atoms with van der Waals surface area (Å²) in [7, 11) is 0. The molecule has 7 heteroatoms. The van der Waals surface area contributed by atoms with Crippen molar-refractivity contribution in [2.75, 3.05) is 17.2 Å². The molecule has 3 aromatic rings. The minimum Gasteiger partial charge on any atom is -0.394 e. The lowest BCUT2D eigenvalue weighted by molar-refractivity contribution is 0.248. The third-order valence-electron chi connectivity index (χ3n) is 4.07. The van der Waals surface area contributed by atoms with Gasteiger partial charge in [-0.05, 0) is 36.2 Å². The molecule has 0 saturated carbocycles. The van der Waals surface area contributed by atoms with Crippen LogP contribution in [0.5, 0.6) is 0 Å². The van der Waals surface area contributed by atoms with Crippen LogP contribution in [0.3, 0.4) is 0 Å². The minimum atomic E-state index is -0.136. The molecule has 2 aromatic heterocycles. The number of aliphatic hydroxyl groups is 1. The second-order valence-electron chi connectivity index (χ2n) is 6.49. The van der Waals surface area contributed by atoms with Crippen LogP contribution in [0.1, 0.15) is 13.8 Å². The van der Waals surface area contributed by atoms with Crippen molar-refractivity contribution >= 4 is 33.4 Å². The van der Waals surface area contributed by atoms with Gasteiger partial charge in [0.1, 0.15) is 5.82 Å². The van der Waals surface area contributed by atoms with Gasteiger partial charge in [-0.2, -0.15) is 4.98 Å². The normalized spacial score (nSPS) is 12.0. The fraction of sp³-hybridized carbons (Fsp3) is 0.250. The van der Waals surface area contributed by atoms with Crippen molar-refractivity contribution in [2.24, 2.45) is 5.92 Å². The van der Waals surface area contributed by atoms with E-state index in [1.807, 2.05) is 62.4 Å². The molecule has 0 bridgehead atoms. The lowest BCUT2D eigenvalue weighted by Gasteiger charge is -2.20. The summed E-state index contributed by atoms with van der Waals surface area (Å²) in [5.41, 5.74) is 2.36. The number of nitrogens with one attached hydrogen (secondary N) is 2. The quantitative estimate of drug-likeness (QED) is 0.515. The van der Waals surface area contributed by atoms with E-state index in [-0.39, 0.29) is 18.6 Å². The number of rotatable bonds is 7. The fourth-order valence-electron chi connectivity index (χ4n) is 2.52. The van der Waals surface area contributed by atoms with Crippen molar-refractivity contribution in [2.45, 2.75) is 19.9 Å². The third-order valence-corrected chi connectivity index (χ3v) is 4.56. The standard InChI is InChI=1S/C20H22BrN5O/c1-13(2)18(12-27)25-20-24-17(16-8-3-4-9-22-16)11-19(26-20)23-15-7-5-6-14(21)10-15/h3-11,13,18,27H,12H2,1-2H3,(H2,23,24,25,26)/t18-/m1/s1.